The van der Waals surface area contributed by atoms with E-state index >= 15 is 0 Å². The maximum Gasteiger partial charge on any atom is 0.410 e. The number of benzene rings is 1. The number of amides is 2. The van der Waals surface area contributed by atoms with Gasteiger partial charge < -0.3 is 24.3 Å². The first-order chi connectivity index (χ1) is 15.9. The molecule has 2 aliphatic heterocycles. The number of hydrogen-bond acceptors (Lipinski definition) is 4. The lowest BCUT2D eigenvalue weighted by molar-refractivity contribution is -0.110. The van der Waals surface area contributed by atoms with E-state index in [0.29, 0.717) is 31.4 Å². The van der Waals surface area contributed by atoms with Crippen LogP contribution in [0.5, 0.6) is 0 Å². The number of hydrogen-bond donors (Lipinski definition) is 1. The number of aromatic amines is 1. The molecule has 11 heteroatoms. The van der Waals surface area contributed by atoms with Crippen LogP contribution in [-0.4, -0.2) is 76.9 Å². The van der Waals surface area contributed by atoms with Gasteiger partial charge in [-0.05, 0) is 45.7 Å². The number of piperidine rings is 1. The maximum atomic E-state index is 14.8. The van der Waals surface area contributed by atoms with Crippen molar-refractivity contribution in [1.82, 2.24) is 14.8 Å². The van der Waals surface area contributed by atoms with Crippen LogP contribution in [0.2, 0.25) is 10.0 Å². The standard InChI is InChI=1S/C23H27Cl2F2N3O4/c1-22(2,3)34-21(32)30-10-23(27,11-30)12-33-13-6-8-29(9-7-13)20(31)19-18(25)16-15(28-19)5-4-14(26)17(16)24/h4-5,13,28H,6-12H2,1-3H3. The highest BCUT2D eigenvalue weighted by atomic mass is 35.5. The van der Waals surface area contributed by atoms with Crippen LogP contribution in [0.25, 0.3) is 10.9 Å². The van der Waals surface area contributed by atoms with Crippen molar-refractivity contribution in [3.63, 3.8) is 0 Å². The molecule has 1 N–H and O–H groups in total. The third-order valence-electron chi connectivity index (χ3n) is 5.91. The van der Waals surface area contributed by atoms with Crippen LogP contribution in [0.4, 0.5) is 13.6 Å². The van der Waals surface area contributed by atoms with Crippen LogP contribution >= 0.6 is 23.2 Å². The van der Waals surface area contributed by atoms with Crippen LogP contribution in [0.1, 0.15) is 44.1 Å². The predicted molar refractivity (Wildman–Crippen MR) is 125 cm³/mol. The average molecular weight is 518 g/mol. The SMILES string of the molecule is CC(C)(C)OC(=O)N1CC(F)(COC2CCN(C(=O)c3[nH]c4ccc(F)c(Cl)c4c3Cl)CC2)C1. The molecule has 0 spiro atoms. The lowest BCUT2D eigenvalue weighted by atomic mass is 9.97. The summed E-state index contributed by atoms with van der Waals surface area (Å²) in [6.45, 7) is 5.82. The second-order valence-electron chi connectivity index (χ2n) is 9.89. The van der Waals surface area contributed by atoms with Crippen LogP contribution in [0, 0.1) is 5.82 Å². The predicted octanol–water partition coefficient (Wildman–Crippen LogP) is 5.19. The number of halogens is 4. The normalized spacial score (nSPS) is 18.8. The van der Waals surface area contributed by atoms with E-state index in [1.807, 2.05) is 0 Å². The van der Waals surface area contributed by atoms with E-state index in [1.54, 1.807) is 25.7 Å². The topological polar surface area (TPSA) is 74.9 Å². The number of alkyl halides is 1. The molecule has 7 nitrogen and oxygen atoms in total. The first-order valence-electron chi connectivity index (χ1n) is 11.1. The zero-order valence-electron chi connectivity index (χ0n) is 19.2. The van der Waals surface area contributed by atoms with E-state index in [2.05, 4.69) is 4.98 Å². The molecule has 2 aliphatic rings. The molecule has 2 aromatic rings. The summed E-state index contributed by atoms with van der Waals surface area (Å²) in [5.74, 6) is -0.927. The number of nitrogens with one attached hydrogen (secondary N) is 1. The van der Waals surface area contributed by atoms with Gasteiger partial charge in [-0.1, -0.05) is 23.2 Å². The zero-order chi connectivity index (χ0) is 24.8. The smallest absolute Gasteiger partial charge is 0.410 e. The van der Waals surface area contributed by atoms with Crippen molar-refractivity contribution >= 4 is 46.1 Å². The van der Waals surface area contributed by atoms with Crippen molar-refractivity contribution < 1.29 is 27.8 Å². The van der Waals surface area contributed by atoms with Gasteiger partial charge in [0.2, 0.25) is 0 Å². The van der Waals surface area contributed by atoms with E-state index in [0.717, 1.165) is 0 Å². The van der Waals surface area contributed by atoms with Gasteiger partial charge in [0, 0.05) is 24.0 Å². The summed E-state index contributed by atoms with van der Waals surface area (Å²) in [5.41, 5.74) is -1.60. The average Bonchev–Trinajstić information content (AvgIpc) is 3.08. The fourth-order valence-electron chi connectivity index (χ4n) is 4.17. The number of fused-ring (bicyclic) bond motifs is 1. The number of carbonyl (C=O) groups is 2. The molecule has 0 aliphatic carbocycles. The fraction of sp³-hybridized carbons (Fsp3) is 0.565. The summed E-state index contributed by atoms with van der Waals surface area (Å²) in [7, 11) is 0. The number of likely N-dealkylation sites (tertiary alicyclic amines) is 2. The highest BCUT2D eigenvalue weighted by Gasteiger charge is 2.48. The van der Waals surface area contributed by atoms with Gasteiger partial charge in [-0.25, -0.2) is 13.6 Å². The molecule has 0 bridgehead atoms. The number of carbonyl (C=O) groups excluding carboxylic acids is 2. The minimum atomic E-state index is -1.60. The molecule has 4 rings (SSSR count). The molecule has 2 fully saturated rings. The Bertz CT molecular complexity index is 1100. The molecule has 3 heterocycles. The summed E-state index contributed by atoms with van der Waals surface area (Å²) >= 11 is 12.4. The fourth-order valence-corrected chi connectivity index (χ4v) is 4.80. The molecule has 0 saturated carbocycles. The van der Waals surface area contributed by atoms with Gasteiger partial charge in [-0.2, -0.15) is 0 Å². The van der Waals surface area contributed by atoms with Crippen LogP contribution in [0.15, 0.2) is 12.1 Å². The number of nitrogens with zero attached hydrogens (tertiary/aromatic N) is 2. The summed E-state index contributed by atoms with van der Waals surface area (Å²) in [4.78, 5) is 30.8. The Morgan fingerprint density at radius 1 is 1.15 bits per heavy atom. The van der Waals surface area contributed by atoms with E-state index in [1.165, 1.54) is 17.0 Å². The highest BCUT2D eigenvalue weighted by Crippen LogP contribution is 2.36. The van der Waals surface area contributed by atoms with Crippen molar-refractivity contribution in [3.05, 3.63) is 33.7 Å². The first-order valence-corrected chi connectivity index (χ1v) is 11.9. The van der Waals surface area contributed by atoms with E-state index in [4.69, 9.17) is 32.7 Å². The Morgan fingerprint density at radius 2 is 1.79 bits per heavy atom. The Balaban J connectivity index is 1.27. The quantitative estimate of drug-likeness (QED) is 0.605. The second kappa shape index (κ2) is 9.17. The molecule has 0 atom stereocenters. The van der Waals surface area contributed by atoms with Gasteiger partial charge in [0.25, 0.3) is 5.91 Å². The molecule has 34 heavy (non-hydrogen) atoms. The number of rotatable bonds is 4. The first kappa shape index (κ1) is 25.0. The lowest BCUT2D eigenvalue weighted by Crippen LogP contribution is -2.64. The van der Waals surface area contributed by atoms with Gasteiger partial charge in [0.1, 0.15) is 17.1 Å². The van der Waals surface area contributed by atoms with Gasteiger partial charge in [-0.15, -0.1) is 0 Å². The van der Waals surface area contributed by atoms with Crippen molar-refractivity contribution in [2.24, 2.45) is 0 Å². The Labute approximate surface area is 206 Å². The number of ether oxygens (including phenoxy) is 2. The van der Waals surface area contributed by atoms with E-state index < -0.39 is 23.2 Å². The lowest BCUT2D eigenvalue weighted by Gasteiger charge is -2.44. The largest absolute Gasteiger partial charge is 0.444 e. The van der Waals surface area contributed by atoms with Crippen molar-refractivity contribution in [2.45, 2.75) is 51.0 Å². The summed E-state index contributed by atoms with van der Waals surface area (Å²) in [6.07, 6.45) is 0.330. The third-order valence-corrected chi connectivity index (χ3v) is 6.66. The molecule has 0 radical (unpaired) electrons. The second-order valence-corrected chi connectivity index (χ2v) is 10.6. The molecule has 1 aromatic heterocycles. The van der Waals surface area contributed by atoms with Crippen LogP contribution in [-0.2, 0) is 9.47 Å². The van der Waals surface area contributed by atoms with E-state index in [-0.39, 0.29) is 52.8 Å². The van der Waals surface area contributed by atoms with Gasteiger partial charge in [0.15, 0.2) is 5.67 Å². The van der Waals surface area contributed by atoms with Crippen molar-refractivity contribution in [2.75, 3.05) is 32.8 Å². The van der Waals surface area contributed by atoms with Gasteiger partial charge >= 0.3 is 6.09 Å². The van der Waals surface area contributed by atoms with Crippen molar-refractivity contribution in [1.29, 1.82) is 0 Å². The van der Waals surface area contributed by atoms with Crippen LogP contribution < -0.4 is 0 Å². The number of aromatic nitrogens is 1. The molecule has 186 valence electrons. The van der Waals surface area contributed by atoms with Gasteiger partial charge in [-0.3, -0.25) is 4.79 Å². The van der Waals surface area contributed by atoms with Gasteiger partial charge in [0.05, 0.1) is 35.8 Å². The maximum absolute atomic E-state index is 14.8. The number of H-pyrrole nitrogens is 1. The molecular weight excluding hydrogens is 491 g/mol. The minimum Gasteiger partial charge on any atom is -0.444 e. The summed E-state index contributed by atoms with van der Waals surface area (Å²) in [6, 6.07) is 2.69. The molecular formula is C23H27Cl2F2N3O4. The summed E-state index contributed by atoms with van der Waals surface area (Å²) < 4.78 is 39.6. The molecule has 2 amide bonds. The summed E-state index contributed by atoms with van der Waals surface area (Å²) in [5, 5.41) is 0.229. The zero-order valence-corrected chi connectivity index (χ0v) is 20.7. The van der Waals surface area contributed by atoms with E-state index in [9.17, 15) is 18.4 Å². The molecule has 1 aromatic carbocycles. The Kier molecular flexibility index (Phi) is 6.74. The van der Waals surface area contributed by atoms with Crippen molar-refractivity contribution in [3.8, 4) is 0 Å². The Morgan fingerprint density at radius 3 is 2.41 bits per heavy atom. The monoisotopic (exact) mass is 517 g/mol. The molecule has 2 saturated heterocycles. The highest BCUT2D eigenvalue weighted by molar-refractivity contribution is 6.44. The third kappa shape index (κ3) is 5.11. The van der Waals surface area contributed by atoms with Crippen LogP contribution in [0.3, 0.4) is 0 Å². The molecule has 0 unspecified atom stereocenters. The minimum absolute atomic E-state index is 0.0682. The Hall–Kier alpha value is -2.10.